The van der Waals surface area contributed by atoms with E-state index in [1.165, 1.54) is 27.0 Å². The van der Waals surface area contributed by atoms with E-state index in [0.717, 1.165) is 10.9 Å². The van der Waals surface area contributed by atoms with Gasteiger partial charge in [-0.25, -0.2) is 9.78 Å². The zero-order valence-electron chi connectivity index (χ0n) is 12.3. The van der Waals surface area contributed by atoms with E-state index < -0.39 is 0 Å². The number of hydrogen-bond donors (Lipinski definition) is 3. The molecule has 0 aliphatic rings. The van der Waals surface area contributed by atoms with Gasteiger partial charge in [0.1, 0.15) is 5.82 Å². The number of carbonyl (C=O) groups is 1. The molecule has 0 spiro atoms. The summed E-state index contributed by atoms with van der Waals surface area (Å²) in [7, 11) is 3.07. The van der Waals surface area contributed by atoms with E-state index in [9.17, 15) is 4.79 Å². The van der Waals surface area contributed by atoms with Crippen LogP contribution in [0.5, 0.6) is 5.88 Å². The number of H-pyrrole nitrogens is 1. The standard InChI is InChI=1S/C9H11N5O2.C4H10/c1-10-9(15)12-7-3-6-5(4-11-7)8(16-2)14-13-6;1-3-4-2/h3-4H,1-2H3,(H,13,14)(H2,10,11,12,15);3-4H2,1-2H3. The third-order valence-corrected chi connectivity index (χ3v) is 2.57. The third-order valence-electron chi connectivity index (χ3n) is 2.57. The Morgan fingerprint density at radius 3 is 2.65 bits per heavy atom. The summed E-state index contributed by atoms with van der Waals surface area (Å²) in [6.45, 7) is 4.36. The summed E-state index contributed by atoms with van der Waals surface area (Å²) in [4.78, 5) is 15.1. The van der Waals surface area contributed by atoms with Gasteiger partial charge in [0.15, 0.2) is 0 Å². The van der Waals surface area contributed by atoms with Crippen LogP contribution >= 0.6 is 0 Å². The van der Waals surface area contributed by atoms with E-state index in [0.29, 0.717) is 11.7 Å². The molecule has 2 aromatic heterocycles. The van der Waals surface area contributed by atoms with Gasteiger partial charge in [0.05, 0.1) is 18.0 Å². The van der Waals surface area contributed by atoms with E-state index in [1.807, 2.05) is 0 Å². The number of fused-ring (bicyclic) bond motifs is 1. The van der Waals surface area contributed by atoms with E-state index >= 15 is 0 Å². The summed E-state index contributed by atoms with van der Waals surface area (Å²) in [5, 5.41) is 12.5. The lowest BCUT2D eigenvalue weighted by molar-refractivity contribution is 0.254. The molecule has 110 valence electrons. The molecule has 2 amide bonds. The minimum absolute atomic E-state index is 0.321. The quantitative estimate of drug-likeness (QED) is 0.805. The molecule has 0 aromatic carbocycles. The van der Waals surface area contributed by atoms with Crippen LogP contribution in [0.4, 0.5) is 10.6 Å². The fourth-order valence-electron chi connectivity index (χ4n) is 1.29. The van der Waals surface area contributed by atoms with Crippen LogP contribution in [0.1, 0.15) is 26.7 Å². The number of aromatic amines is 1. The summed E-state index contributed by atoms with van der Waals surface area (Å²) in [5.41, 5.74) is 0.748. The Labute approximate surface area is 118 Å². The van der Waals surface area contributed by atoms with Gasteiger partial charge in [-0.3, -0.25) is 10.4 Å². The van der Waals surface area contributed by atoms with Gasteiger partial charge in [-0.2, -0.15) is 0 Å². The van der Waals surface area contributed by atoms with Gasteiger partial charge in [0.2, 0.25) is 5.88 Å². The number of methoxy groups -OCH3 is 1. The number of nitrogens with zero attached hydrogens (tertiary/aromatic N) is 2. The highest BCUT2D eigenvalue weighted by Crippen LogP contribution is 2.22. The topological polar surface area (TPSA) is 91.9 Å². The Morgan fingerprint density at radius 1 is 1.40 bits per heavy atom. The predicted octanol–water partition coefficient (Wildman–Crippen LogP) is 2.52. The number of aromatic nitrogens is 3. The molecule has 7 heteroatoms. The molecule has 0 bridgehead atoms. The van der Waals surface area contributed by atoms with Crippen molar-refractivity contribution >= 4 is 22.8 Å². The fourth-order valence-corrected chi connectivity index (χ4v) is 1.29. The van der Waals surface area contributed by atoms with Crippen molar-refractivity contribution in [3.8, 4) is 5.88 Å². The molecule has 0 aliphatic heterocycles. The van der Waals surface area contributed by atoms with Crippen LogP contribution in [0, 0.1) is 0 Å². The molecular formula is C13H21N5O2. The molecule has 2 heterocycles. The highest BCUT2D eigenvalue weighted by Gasteiger charge is 2.07. The van der Waals surface area contributed by atoms with Crippen LogP contribution < -0.4 is 15.4 Å². The van der Waals surface area contributed by atoms with Gasteiger partial charge >= 0.3 is 6.03 Å². The second kappa shape index (κ2) is 7.98. The normalized spacial score (nSPS) is 9.60. The summed E-state index contributed by atoms with van der Waals surface area (Å²) in [6, 6.07) is 1.36. The number of unbranched alkanes of at least 4 members (excludes halogenated alkanes) is 1. The van der Waals surface area contributed by atoms with E-state index in [1.54, 1.807) is 12.3 Å². The lowest BCUT2D eigenvalue weighted by Crippen LogP contribution is -2.24. The molecule has 0 saturated carbocycles. The van der Waals surface area contributed by atoms with Crippen molar-refractivity contribution in [1.82, 2.24) is 20.5 Å². The van der Waals surface area contributed by atoms with Crippen molar-refractivity contribution in [1.29, 1.82) is 0 Å². The number of rotatable bonds is 3. The van der Waals surface area contributed by atoms with Gasteiger partial charge < -0.3 is 10.1 Å². The number of pyridine rings is 1. The largest absolute Gasteiger partial charge is 0.479 e. The Morgan fingerprint density at radius 2 is 2.10 bits per heavy atom. The molecule has 0 radical (unpaired) electrons. The minimum atomic E-state index is -0.321. The molecule has 2 rings (SSSR count). The number of nitrogens with one attached hydrogen (secondary N) is 3. The van der Waals surface area contributed by atoms with Gasteiger partial charge in [0, 0.05) is 19.3 Å². The molecule has 0 unspecified atom stereocenters. The van der Waals surface area contributed by atoms with E-state index in [4.69, 9.17) is 4.74 Å². The Hall–Kier alpha value is -2.31. The van der Waals surface area contributed by atoms with Gasteiger partial charge in [-0.15, -0.1) is 5.10 Å². The summed E-state index contributed by atoms with van der Waals surface area (Å²) < 4.78 is 5.03. The van der Waals surface area contributed by atoms with Crippen molar-refractivity contribution in [2.45, 2.75) is 26.7 Å². The fraction of sp³-hybridized carbons (Fsp3) is 0.462. The Balaban J connectivity index is 0.000000444. The number of hydrogen-bond acceptors (Lipinski definition) is 4. The van der Waals surface area contributed by atoms with Crippen molar-refractivity contribution in [3.63, 3.8) is 0 Å². The number of urea groups is 1. The lowest BCUT2D eigenvalue weighted by atomic mass is 10.3. The lowest BCUT2D eigenvalue weighted by Gasteiger charge is -2.02. The van der Waals surface area contributed by atoms with Crippen LogP contribution in [0.2, 0.25) is 0 Å². The van der Waals surface area contributed by atoms with Crippen molar-refractivity contribution in [2.24, 2.45) is 0 Å². The number of anilines is 1. The second-order valence-corrected chi connectivity index (χ2v) is 4.05. The molecule has 20 heavy (non-hydrogen) atoms. The first-order valence-corrected chi connectivity index (χ1v) is 6.53. The van der Waals surface area contributed by atoms with E-state index in [2.05, 4.69) is 39.7 Å². The van der Waals surface area contributed by atoms with Gasteiger partial charge in [0.25, 0.3) is 0 Å². The zero-order valence-corrected chi connectivity index (χ0v) is 12.3. The van der Waals surface area contributed by atoms with E-state index in [-0.39, 0.29) is 6.03 Å². The number of carbonyl (C=O) groups excluding carboxylic acids is 1. The average Bonchev–Trinajstić information content (AvgIpc) is 2.89. The molecule has 3 N–H and O–H groups in total. The summed E-state index contributed by atoms with van der Waals surface area (Å²) in [6.07, 6.45) is 4.23. The molecule has 0 atom stereocenters. The van der Waals surface area contributed by atoms with Gasteiger partial charge in [-0.1, -0.05) is 26.7 Å². The number of ether oxygens (including phenoxy) is 1. The second-order valence-electron chi connectivity index (χ2n) is 4.05. The maximum Gasteiger partial charge on any atom is 0.320 e. The van der Waals surface area contributed by atoms with Crippen LogP contribution in [-0.2, 0) is 0 Å². The Bertz CT molecular complexity index is 551. The molecule has 0 fully saturated rings. The van der Waals surface area contributed by atoms with Crippen molar-refractivity contribution in [2.75, 3.05) is 19.5 Å². The number of amides is 2. The molecular weight excluding hydrogens is 258 g/mol. The van der Waals surface area contributed by atoms with Crippen LogP contribution in [0.15, 0.2) is 12.3 Å². The summed E-state index contributed by atoms with van der Waals surface area (Å²) >= 11 is 0. The average molecular weight is 279 g/mol. The smallest absolute Gasteiger partial charge is 0.320 e. The predicted molar refractivity (Wildman–Crippen MR) is 79.1 cm³/mol. The van der Waals surface area contributed by atoms with Crippen LogP contribution in [-0.4, -0.2) is 35.4 Å². The highest BCUT2D eigenvalue weighted by atomic mass is 16.5. The molecule has 7 nitrogen and oxygen atoms in total. The maximum absolute atomic E-state index is 11.1. The first kappa shape index (κ1) is 15.7. The first-order valence-electron chi connectivity index (χ1n) is 6.53. The summed E-state index contributed by atoms with van der Waals surface area (Å²) in [5.74, 6) is 0.923. The Kier molecular flexibility index (Phi) is 6.28. The molecule has 0 saturated heterocycles. The van der Waals surface area contributed by atoms with Crippen molar-refractivity contribution in [3.05, 3.63) is 12.3 Å². The maximum atomic E-state index is 11.1. The monoisotopic (exact) mass is 279 g/mol. The first-order chi connectivity index (χ1) is 9.65. The van der Waals surface area contributed by atoms with Crippen LogP contribution in [0.25, 0.3) is 10.9 Å². The van der Waals surface area contributed by atoms with Gasteiger partial charge in [-0.05, 0) is 0 Å². The zero-order chi connectivity index (χ0) is 15.0. The molecule has 0 aliphatic carbocycles. The molecule has 2 aromatic rings. The van der Waals surface area contributed by atoms with Crippen LogP contribution in [0.3, 0.4) is 0 Å². The minimum Gasteiger partial charge on any atom is -0.479 e. The third kappa shape index (κ3) is 4.11. The SMILES string of the molecule is CCCC.CNC(=O)Nc1cc2[nH]nc(OC)c2cn1. The highest BCUT2D eigenvalue weighted by molar-refractivity contribution is 5.91. The van der Waals surface area contributed by atoms with Crippen molar-refractivity contribution < 1.29 is 9.53 Å².